The molecule has 0 saturated carbocycles. The zero-order chi connectivity index (χ0) is 17.1. The molecule has 126 valence electrons. The summed E-state index contributed by atoms with van der Waals surface area (Å²) in [6.07, 6.45) is 1.61. The number of aldehydes is 1. The minimum Gasteiger partial charge on any atom is -0.370 e. The summed E-state index contributed by atoms with van der Waals surface area (Å²) in [6, 6.07) is -1.32. The van der Waals surface area contributed by atoms with Crippen molar-refractivity contribution in [2.24, 2.45) is 17.4 Å². The van der Waals surface area contributed by atoms with Crippen molar-refractivity contribution in [1.82, 2.24) is 16.0 Å². The molecule has 8 N–H and O–H groups in total. The van der Waals surface area contributed by atoms with Crippen LogP contribution in [0.15, 0.2) is 0 Å². The summed E-state index contributed by atoms with van der Waals surface area (Å²) in [5.74, 6) is -1.03. The predicted octanol–water partition coefficient (Wildman–Crippen LogP) is -1.97. The molecule has 0 rings (SSSR count). The third kappa shape index (κ3) is 8.90. The second-order valence-electron chi connectivity index (χ2n) is 5.28. The third-order valence-electron chi connectivity index (χ3n) is 2.96. The number of carbonyl (C=O) groups is 3. The second-order valence-corrected chi connectivity index (χ2v) is 5.28. The zero-order valence-electron chi connectivity index (χ0n) is 13.0. The molecule has 0 aliphatic carbocycles. The number of nitrogens with one attached hydrogen (secondary N) is 4. The molecule has 0 saturated heterocycles. The summed E-state index contributed by atoms with van der Waals surface area (Å²) in [4.78, 5) is 34.1. The average Bonchev–Trinajstić information content (AvgIpc) is 2.46. The van der Waals surface area contributed by atoms with E-state index in [0.717, 1.165) is 0 Å². The normalized spacial score (nSPS) is 13.1. The van der Waals surface area contributed by atoms with Crippen LogP contribution in [0.3, 0.4) is 0 Å². The van der Waals surface area contributed by atoms with Gasteiger partial charge in [-0.15, -0.1) is 0 Å². The van der Waals surface area contributed by atoms with Gasteiger partial charge in [-0.25, -0.2) is 0 Å². The largest absolute Gasteiger partial charge is 0.370 e. The van der Waals surface area contributed by atoms with Crippen molar-refractivity contribution in [3.8, 4) is 0 Å². The zero-order valence-corrected chi connectivity index (χ0v) is 13.0. The Morgan fingerprint density at radius 3 is 2.41 bits per heavy atom. The van der Waals surface area contributed by atoms with Gasteiger partial charge in [-0.3, -0.25) is 15.0 Å². The van der Waals surface area contributed by atoms with Gasteiger partial charge in [0.25, 0.3) is 0 Å². The van der Waals surface area contributed by atoms with Gasteiger partial charge in [0.1, 0.15) is 6.29 Å². The maximum absolute atomic E-state index is 11.7. The molecule has 2 unspecified atom stereocenters. The molecule has 0 fully saturated rings. The first kappa shape index (κ1) is 19.8. The van der Waals surface area contributed by atoms with Gasteiger partial charge in [0.05, 0.1) is 18.6 Å². The Morgan fingerprint density at radius 2 is 1.91 bits per heavy atom. The van der Waals surface area contributed by atoms with E-state index in [1.165, 1.54) is 0 Å². The molecule has 0 radical (unpaired) electrons. The molecule has 0 aliphatic heterocycles. The topological polar surface area (TPSA) is 163 Å². The molecule has 9 nitrogen and oxygen atoms in total. The van der Waals surface area contributed by atoms with E-state index < -0.39 is 23.9 Å². The van der Waals surface area contributed by atoms with Crippen LogP contribution in [-0.2, 0) is 14.4 Å². The summed E-state index contributed by atoms with van der Waals surface area (Å²) >= 11 is 0. The van der Waals surface area contributed by atoms with Crippen molar-refractivity contribution in [2.75, 3.05) is 13.1 Å². The number of rotatable bonds is 10. The molecule has 0 spiro atoms. The summed E-state index contributed by atoms with van der Waals surface area (Å²) in [7, 11) is 0. The van der Waals surface area contributed by atoms with Crippen LogP contribution < -0.4 is 27.4 Å². The molecule has 22 heavy (non-hydrogen) atoms. The molecule has 0 aliphatic rings. The highest BCUT2D eigenvalue weighted by molar-refractivity contribution is 5.88. The highest BCUT2D eigenvalue weighted by atomic mass is 16.2. The van der Waals surface area contributed by atoms with Crippen molar-refractivity contribution in [3.63, 3.8) is 0 Å². The first-order chi connectivity index (χ1) is 10.3. The fourth-order valence-electron chi connectivity index (χ4n) is 1.57. The molecule has 2 amide bonds. The number of amides is 2. The van der Waals surface area contributed by atoms with Gasteiger partial charge in [-0.05, 0) is 18.8 Å². The maximum Gasteiger partial charge on any atom is 0.239 e. The van der Waals surface area contributed by atoms with Crippen molar-refractivity contribution in [3.05, 3.63) is 0 Å². The fourth-order valence-corrected chi connectivity index (χ4v) is 1.57. The Balaban J connectivity index is 4.03. The molecular weight excluding hydrogens is 288 g/mol. The standard InChI is InChI=1S/C13H26N6O3/c1-8(2)11(14)12(22)18-6-10(21)19-9(7-20)4-3-5-17-13(15)16/h7-9,11H,3-6,14H2,1-2H3,(H,18,22)(H,19,21)(H4,15,16,17). The van der Waals surface area contributed by atoms with Crippen LogP contribution in [-0.4, -0.2) is 49.2 Å². The summed E-state index contributed by atoms with van der Waals surface area (Å²) in [6.45, 7) is 3.83. The van der Waals surface area contributed by atoms with Gasteiger partial charge < -0.3 is 32.2 Å². The van der Waals surface area contributed by atoms with E-state index in [1.54, 1.807) is 0 Å². The van der Waals surface area contributed by atoms with Crippen LogP contribution in [0.4, 0.5) is 0 Å². The first-order valence-corrected chi connectivity index (χ1v) is 7.13. The molecule has 0 heterocycles. The molecule has 2 atom stereocenters. The SMILES string of the molecule is CC(C)C(N)C(=O)NCC(=O)NC(C=O)CCCNC(=N)N. The number of nitrogens with two attached hydrogens (primary N) is 2. The van der Waals surface area contributed by atoms with Gasteiger partial charge in [-0.2, -0.15) is 0 Å². The van der Waals surface area contributed by atoms with Gasteiger partial charge in [-0.1, -0.05) is 13.8 Å². The molecule has 0 aromatic carbocycles. The van der Waals surface area contributed by atoms with E-state index >= 15 is 0 Å². The number of guanidine groups is 1. The summed E-state index contributed by atoms with van der Waals surface area (Å²) < 4.78 is 0. The second kappa shape index (κ2) is 10.6. The van der Waals surface area contributed by atoms with Crippen LogP contribution in [0.25, 0.3) is 0 Å². The molecule has 0 aromatic heterocycles. The number of carbonyl (C=O) groups excluding carboxylic acids is 3. The average molecular weight is 314 g/mol. The predicted molar refractivity (Wildman–Crippen MR) is 83.0 cm³/mol. The Morgan fingerprint density at radius 1 is 1.27 bits per heavy atom. The van der Waals surface area contributed by atoms with E-state index in [0.29, 0.717) is 25.7 Å². The van der Waals surface area contributed by atoms with E-state index in [4.69, 9.17) is 16.9 Å². The first-order valence-electron chi connectivity index (χ1n) is 7.13. The lowest BCUT2D eigenvalue weighted by Gasteiger charge is -2.16. The van der Waals surface area contributed by atoms with Gasteiger partial charge >= 0.3 is 0 Å². The number of hydrogen-bond acceptors (Lipinski definition) is 5. The highest BCUT2D eigenvalue weighted by Crippen LogP contribution is 1.97. The van der Waals surface area contributed by atoms with E-state index in [1.807, 2.05) is 13.8 Å². The number of hydrogen-bond donors (Lipinski definition) is 6. The summed E-state index contributed by atoms with van der Waals surface area (Å²) in [5.41, 5.74) is 10.8. The minimum atomic E-state index is -0.674. The van der Waals surface area contributed by atoms with Crippen LogP contribution in [0.1, 0.15) is 26.7 Å². The van der Waals surface area contributed by atoms with Gasteiger partial charge in [0.2, 0.25) is 11.8 Å². The molecular formula is C13H26N6O3. The smallest absolute Gasteiger partial charge is 0.239 e. The van der Waals surface area contributed by atoms with Crippen LogP contribution in [0.5, 0.6) is 0 Å². The quantitative estimate of drug-likeness (QED) is 0.119. The maximum atomic E-state index is 11.7. The van der Waals surface area contributed by atoms with E-state index in [-0.39, 0.29) is 18.4 Å². The van der Waals surface area contributed by atoms with E-state index in [2.05, 4.69) is 16.0 Å². The van der Waals surface area contributed by atoms with Crippen LogP contribution in [0, 0.1) is 11.3 Å². The lowest BCUT2D eigenvalue weighted by molar-refractivity contribution is -0.128. The van der Waals surface area contributed by atoms with E-state index in [9.17, 15) is 14.4 Å². The Kier molecular flexibility index (Phi) is 9.51. The highest BCUT2D eigenvalue weighted by Gasteiger charge is 2.18. The Hall–Kier alpha value is -2.16. The molecule has 9 heteroatoms. The van der Waals surface area contributed by atoms with Crippen molar-refractivity contribution in [2.45, 2.75) is 38.8 Å². The molecule has 0 bridgehead atoms. The minimum absolute atomic E-state index is 0.0282. The van der Waals surface area contributed by atoms with Gasteiger partial charge in [0, 0.05) is 6.54 Å². The fraction of sp³-hybridized carbons (Fsp3) is 0.692. The molecule has 0 aromatic rings. The lowest BCUT2D eigenvalue weighted by Crippen LogP contribution is -2.48. The Labute approximate surface area is 130 Å². The van der Waals surface area contributed by atoms with Crippen molar-refractivity contribution >= 4 is 24.1 Å². The van der Waals surface area contributed by atoms with Crippen LogP contribution >= 0.6 is 0 Å². The monoisotopic (exact) mass is 314 g/mol. The third-order valence-corrected chi connectivity index (χ3v) is 2.96. The Bertz CT molecular complexity index is 399. The van der Waals surface area contributed by atoms with Crippen molar-refractivity contribution in [1.29, 1.82) is 5.41 Å². The van der Waals surface area contributed by atoms with Crippen LogP contribution in [0.2, 0.25) is 0 Å². The van der Waals surface area contributed by atoms with Crippen molar-refractivity contribution < 1.29 is 14.4 Å². The summed E-state index contributed by atoms with van der Waals surface area (Å²) in [5, 5.41) is 14.5. The lowest BCUT2D eigenvalue weighted by atomic mass is 10.1. The van der Waals surface area contributed by atoms with Gasteiger partial charge in [0.15, 0.2) is 5.96 Å².